The number of aryl methyl sites for hydroxylation is 1. The Morgan fingerprint density at radius 2 is 1.50 bits per heavy atom. The molecule has 0 fully saturated rings. The normalized spacial score (nSPS) is 10.3. The van der Waals surface area contributed by atoms with Gasteiger partial charge in [-0.05, 0) is 54.4 Å². The second kappa shape index (κ2) is 8.83. The van der Waals surface area contributed by atoms with Crippen LogP contribution in [0.15, 0.2) is 78.9 Å². The smallest absolute Gasteiger partial charge is 0.238 e. The number of para-hydroxylation sites is 1. The van der Waals surface area contributed by atoms with Gasteiger partial charge in [0, 0.05) is 12.2 Å². The number of carbonyl (C=O) groups is 1. The minimum Gasteiger partial charge on any atom is -0.457 e. The van der Waals surface area contributed by atoms with Crippen LogP contribution < -0.4 is 15.4 Å². The van der Waals surface area contributed by atoms with E-state index in [9.17, 15) is 4.79 Å². The molecular weight excluding hydrogens is 324 g/mol. The molecule has 4 heteroatoms. The summed E-state index contributed by atoms with van der Waals surface area (Å²) < 4.78 is 5.74. The Morgan fingerprint density at radius 1 is 0.846 bits per heavy atom. The van der Waals surface area contributed by atoms with Crippen molar-refractivity contribution in [2.45, 2.75) is 13.5 Å². The molecule has 0 aliphatic rings. The van der Waals surface area contributed by atoms with Gasteiger partial charge in [0.05, 0.1) is 6.54 Å². The number of hydrogen-bond donors (Lipinski definition) is 2. The van der Waals surface area contributed by atoms with Gasteiger partial charge in [0.1, 0.15) is 11.5 Å². The van der Waals surface area contributed by atoms with E-state index in [1.165, 1.54) is 11.1 Å². The lowest BCUT2D eigenvalue weighted by Gasteiger charge is -2.09. The third-order valence-electron chi connectivity index (χ3n) is 3.98. The molecule has 3 aromatic carbocycles. The first-order chi connectivity index (χ1) is 12.7. The molecule has 3 rings (SSSR count). The Hall–Kier alpha value is -3.11. The van der Waals surface area contributed by atoms with Crippen molar-refractivity contribution in [1.82, 2.24) is 5.32 Å². The molecule has 0 aliphatic heterocycles. The van der Waals surface area contributed by atoms with Crippen LogP contribution in [0.4, 0.5) is 5.69 Å². The zero-order valence-corrected chi connectivity index (χ0v) is 14.7. The fourth-order valence-electron chi connectivity index (χ4n) is 2.56. The molecule has 0 aliphatic carbocycles. The van der Waals surface area contributed by atoms with Crippen molar-refractivity contribution >= 4 is 11.6 Å². The molecule has 1 amide bonds. The second-order valence-corrected chi connectivity index (χ2v) is 6.02. The molecule has 3 aromatic rings. The summed E-state index contributed by atoms with van der Waals surface area (Å²) in [6, 6.07) is 25.1. The molecule has 0 aromatic heterocycles. The van der Waals surface area contributed by atoms with E-state index in [0.29, 0.717) is 6.54 Å². The summed E-state index contributed by atoms with van der Waals surface area (Å²) in [6.07, 6.45) is 0. The van der Waals surface area contributed by atoms with Gasteiger partial charge in [-0.2, -0.15) is 0 Å². The predicted molar refractivity (Wildman–Crippen MR) is 104 cm³/mol. The molecule has 0 bridgehead atoms. The van der Waals surface area contributed by atoms with Gasteiger partial charge in [-0.1, -0.05) is 42.5 Å². The fourth-order valence-corrected chi connectivity index (χ4v) is 2.56. The zero-order valence-electron chi connectivity index (χ0n) is 14.7. The summed E-state index contributed by atoms with van der Waals surface area (Å²) >= 11 is 0. The van der Waals surface area contributed by atoms with Gasteiger partial charge in [-0.15, -0.1) is 0 Å². The summed E-state index contributed by atoms with van der Waals surface area (Å²) in [6.45, 7) is 3.00. The van der Waals surface area contributed by atoms with Crippen molar-refractivity contribution < 1.29 is 9.53 Å². The number of amides is 1. The Balaban J connectivity index is 1.46. The lowest BCUT2D eigenvalue weighted by molar-refractivity contribution is -0.115. The average Bonchev–Trinajstić information content (AvgIpc) is 2.66. The number of hydrogen-bond acceptors (Lipinski definition) is 3. The van der Waals surface area contributed by atoms with E-state index < -0.39 is 0 Å². The van der Waals surface area contributed by atoms with Crippen LogP contribution in [0.2, 0.25) is 0 Å². The first kappa shape index (κ1) is 17.7. The van der Waals surface area contributed by atoms with Crippen LogP contribution in [0.1, 0.15) is 11.1 Å². The van der Waals surface area contributed by atoms with Crippen molar-refractivity contribution in [1.29, 1.82) is 0 Å². The van der Waals surface area contributed by atoms with Crippen LogP contribution in [0.25, 0.3) is 0 Å². The highest BCUT2D eigenvalue weighted by molar-refractivity contribution is 5.92. The molecule has 0 heterocycles. The van der Waals surface area contributed by atoms with Crippen LogP contribution in [0.3, 0.4) is 0 Å². The zero-order chi connectivity index (χ0) is 18.2. The minimum absolute atomic E-state index is 0.0738. The topological polar surface area (TPSA) is 50.4 Å². The first-order valence-electron chi connectivity index (χ1n) is 8.59. The summed E-state index contributed by atoms with van der Waals surface area (Å²) in [7, 11) is 0. The maximum atomic E-state index is 12.1. The van der Waals surface area contributed by atoms with E-state index in [0.717, 1.165) is 17.2 Å². The van der Waals surface area contributed by atoms with Crippen molar-refractivity contribution in [3.05, 3.63) is 90.0 Å². The third kappa shape index (κ3) is 5.19. The first-order valence-corrected chi connectivity index (χ1v) is 8.59. The molecule has 0 spiro atoms. The molecule has 0 saturated heterocycles. The van der Waals surface area contributed by atoms with E-state index in [1.807, 2.05) is 66.7 Å². The SMILES string of the molecule is Cc1ccccc1CNCC(=O)Nc1ccc(Oc2ccccc2)cc1. The summed E-state index contributed by atoms with van der Waals surface area (Å²) in [5.74, 6) is 1.44. The van der Waals surface area contributed by atoms with Crippen molar-refractivity contribution in [3.8, 4) is 11.5 Å². The number of rotatable bonds is 7. The second-order valence-electron chi connectivity index (χ2n) is 6.02. The van der Waals surface area contributed by atoms with Gasteiger partial charge in [-0.25, -0.2) is 0 Å². The summed E-state index contributed by atoms with van der Waals surface area (Å²) in [4.78, 5) is 12.1. The number of benzene rings is 3. The highest BCUT2D eigenvalue weighted by Gasteiger charge is 2.04. The van der Waals surface area contributed by atoms with E-state index >= 15 is 0 Å². The van der Waals surface area contributed by atoms with Gasteiger partial charge >= 0.3 is 0 Å². The molecule has 0 saturated carbocycles. The summed E-state index contributed by atoms with van der Waals surface area (Å²) in [5.41, 5.74) is 3.16. The van der Waals surface area contributed by atoms with Crippen LogP contribution in [-0.4, -0.2) is 12.5 Å². The Bertz CT molecular complexity index is 846. The van der Waals surface area contributed by atoms with Crippen LogP contribution >= 0.6 is 0 Å². The van der Waals surface area contributed by atoms with Crippen LogP contribution in [0, 0.1) is 6.92 Å². The quantitative estimate of drug-likeness (QED) is 0.661. The molecule has 2 N–H and O–H groups in total. The maximum absolute atomic E-state index is 12.1. The highest BCUT2D eigenvalue weighted by atomic mass is 16.5. The van der Waals surface area contributed by atoms with Crippen LogP contribution in [0.5, 0.6) is 11.5 Å². The van der Waals surface area contributed by atoms with Crippen molar-refractivity contribution in [3.63, 3.8) is 0 Å². The van der Waals surface area contributed by atoms with E-state index in [-0.39, 0.29) is 12.5 Å². The van der Waals surface area contributed by atoms with Crippen molar-refractivity contribution in [2.24, 2.45) is 0 Å². The van der Waals surface area contributed by atoms with E-state index in [1.54, 1.807) is 0 Å². The maximum Gasteiger partial charge on any atom is 0.238 e. The average molecular weight is 346 g/mol. The third-order valence-corrected chi connectivity index (χ3v) is 3.98. The predicted octanol–water partition coefficient (Wildman–Crippen LogP) is 4.52. The van der Waals surface area contributed by atoms with Crippen molar-refractivity contribution in [2.75, 3.05) is 11.9 Å². The van der Waals surface area contributed by atoms with E-state index in [4.69, 9.17) is 4.74 Å². The molecule has 4 nitrogen and oxygen atoms in total. The van der Waals surface area contributed by atoms with Gasteiger partial charge in [0.15, 0.2) is 0 Å². The molecule has 132 valence electrons. The summed E-state index contributed by atoms with van der Waals surface area (Å²) in [5, 5.41) is 6.05. The lowest BCUT2D eigenvalue weighted by atomic mass is 10.1. The van der Waals surface area contributed by atoms with Gasteiger partial charge in [0.2, 0.25) is 5.91 Å². The minimum atomic E-state index is -0.0738. The number of ether oxygens (including phenoxy) is 1. The van der Waals surface area contributed by atoms with Gasteiger partial charge < -0.3 is 15.4 Å². The van der Waals surface area contributed by atoms with E-state index in [2.05, 4.69) is 29.7 Å². The number of nitrogens with one attached hydrogen (secondary N) is 2. The molecule has 0 unspecified atom stereocenters. The molecular formula is C22H22N2O2. The van der Waals surface area contributed by atoms with Crippen LogP contribution in [-0.2, 0) is 11.3 Å². The Morgan fingerprint density at radius 3 is 2.23 bits per heavy atom. The number of anilines is 1. The molecule has 0 radical (unpaired) electrons. The monoisotopic (exact) mass is 346 g/mol. The lowest BCUT2D eigenvalue weighted by Crippen LogP contribution is -2.27. The standard InChI is InChI=1S/C22H22N2O2/c1-17-7-5-6-8-18(17)15-23-16-22(25)24-19-11-13-21(14-12-19)26-20-9-3-2-4-10-20/h2-14,23H,15-16H2,1H3,(H,24,25). The molecule has 0 atom stereocenters. The Labute approximate surface area is 153 Å². The molecule has 26 heavy (non-hydrogen) atoms. The number of carbonyl (C=O) groups excluding carboxylic acids is 1. The van der Waals surface area contributed by atoms with Gasteiger partial charge in [-0.3, -0.25) is 4.79 Å². The Kier molecular flexibility index (Phi) is 6.01. The fraction of sp³-hybridized carbons (Fsp3) is 0.136. The largest absolute Gasteiger partial charge is 0.457 e. The van der Waals surface area contributed by atoms with Gasteiger partial charge in [0.25, 0.3) is 0 Å². The highest BCUT2D eigenvalue weighted by Crippen LogP contribution is 2.22.